The fraction of sp³-hybridized carbons (Fsp3) is 0.400. The van der Waals surface area contributed by atoms with Crippen LogP contribution >= 0.6 is 0 Å². The maximum atomic E-state index is 5.27. The van der Waals surface area contributed by atoms with Crippen LogP contribution in [0.25, 0.3) is 0 Å². The summed E-state index contributed by atoms with van der Waals surface area (Å²) in [6, 6.07) is 8.19. The first kappa shape index (κ1) is 12.2. The molecule has 2 aromatic rings. The Kier molecular flexibility index (Phi) is 3.25. The van der Waals surface area contributed by atoms with Crippen LogP contribution in [0.2, 0.25) is 0 Å². The van der Waals surface area contributed by atoms with Gasteiger partial charge in [-0.2, -0.15) is 0 Å². The van der Waals surface area contributed by atoms with Gasteiger partial charge in [-0.3, -0.25) is 0 Å². The molecule has 1 N–H and O–H groups in total. The summed E-state index contributed by atoms with van der Waals surface area (Å²) in [6.07, 6.45) is 1.91. The van der Waals surface area contributed by atoms with Crippen LogP contribution in [0.5, 0.6) is 5.75 Å². The molecule has 0 fully saturated rings. The molecule has 100 valence electrons. The fourth-order valence-electron chi connectivity index (χ4n) is 2.63. The van der Waals surface area contributed by atoms with Gasteiger partial charge in [0.1, 0.15) is 11.6 Å². The minimum atomic E-state index is 0.848. The molecule has 0 saturated carbocycles. The van der Waals surface area contributed by atoms with Gasteiger partial charge in [0.25, 0.3) is 0 Å². The summed E-state index contributed by atoms with van der Waals surface area (Å²) < 4.78 is 7.51. The molecule has 1 aliphatic rings. The zero-order valence-corrected chi connectivity index (χ0v) is 11.4. The molecule has 4 heteroatoms. The van der Waals surface area contributed by atoms with Gasteiger partial charge < -0.3 is 14.6 Å². The number of nitrogens with one attached hydrogen (secondary N) is 1. The van der Waals surface area contributed by atoms with E-state index in [0.717, 1.165) is 37.5 Å². The van der Waals surface area contributed by atoms with Crippen molar-refractivity contribution in [3.05, 3.63) is 47.0 Å². The Morgan fingerprint density at radius 1 is 1.42 bits per heavy atom. The maximum Gasteiger partial charge on any atom is 0.119 e. The standard InChI is InChI=1S/C15H19N3O/c1-18-14-6-7-16-10-13(14)17-15(18)9-11-4-3-5-12(8-11)19-2/h3-5,8,16H,6-7,9-10H2,1-2H3. The van der Waals surface area contributed by atoms with Crippen molar-refractivity contribution in [1.29, 1.82) is 0 Å². The van der Waals surface area contributed by atoms with E-state index in [0.29, 0.717) is 0 Å². The Labute approximate surface area is 113 Å². The highest BCUT2D eigenvalue weighted by molar-refractivity contribution is 5.31. The first-order valence-electron chi connectivity index (χ1n) is 6.65. The van der Waals surface area contributed by atoms with Crippen LogP contribution in [-0.2, 0) is 26.4 Å². The van der Waals surface area contributed by atoms with E-state index in [1.165, 1.54) is 17.0 Å². The van der Waals surface area contributed by atoms with E-state index in [1.807, 2.05) is 12.1 Å². The molecular formula is C15H19N3O. The molecule has 0 saturated heterocycles. The lowest BCUT2D eigenvalue weighted by atomic mass is 10.1. The molecule has 3 rings (SSSR count). The fourth-order valence-corrected chi connectivity index (χ4v) is 2.63. The highest BCUT2D eigenvalue weighted by atomic mass is 16.5. The molecule has 0 amide bonds. The average Bonchev–Trinajstić information content (AvgIpc) is 2.76. The average molecular weight is 257 g/mol. The van der Waals surface area contributed by atoms with Crippen molar-refractivity contribution in [2.75, 3.05) is 13.7 Å². The molecule has 0 aliphatic carbocycles. The van der Waals surface area contributed by atoms with Crippen molar-refractivity contribution >= 4 is 0 Å². The van der Waals surface area contributed by atoms with E-state index in [1.54, 1.807) is 7.11 Å². The Hall–Kier alpha value is -1.81. The molecule has 1 aliphatic heterocycles. The van der Waals surface area contributed by atoms with Crippen LogP contribution in [0.1, 0.15) is 22.8 Å². The first-order chi connectivity index (χ1) is 9.28. The van der Waals surface area contributed by atoms with E-state index in [9.17, 15) is 0 Å². The zero-order chi connectivity index (χ0) is 13.2. The Morgan fingerprint density at radius 3 is 3.11 bits per heavy atom. The maximum absolute atomic E-state index is 5.27. The quantitative estimate of drug-likeness (QED) is 0.909. The minimum Gasteiger partial charge on any atom is -0.497 e. The van der Waals surface area contributed by atoms with Gasteiger partial charge in [0.05, 0.1) is 12.8 Å². The summed E-state index contributed by atoms with van der Waals surface area (Å²) in [5.41, 5.74) is 3.81. The predicted octanol–water partition coefficient (Wildman–Crippen LogP) is 1.67. The first-order valence-corrected chi connectivity index (χ1v) is 6.65. The van der Waals surface area contributed by atoms with Crippen molar-refractivity contribution in [3.63, 3.8) is 0 Å². The number of hydrogen-bond donors (Lipinski definition) is 1. The molecule has 0 unspecified atom stereocenters. The van der Waals surface area contributed by atoms with Crippen LogP contribution < -0.4 is 10.1 Å². The molecule has 1 aromatic carbocycles. The van der Waals surface area contributed by atoms with Gasteiger partial charge in [-0.15, -0.1) is 0 Å². The number of hydrogen-bond acceptors (Lipinski definition) is 3. The van der Waals surface area contributed by atoms with E-state index < -0.39 is 0 Å². The van der Waals surface area contributed by atoms with Gasteiger partial charge in [0.2, 0.25) is 0 Å². The van der Waals surface area contributed by atoms with E-state index in [2.05, 4.69) is 29.1 Å². The van der Waals surface area contributed by atoms with Crippen molar-refractivity contribution in [3.8, 4) is 5.75 Å². The summed E-state index contributed by atoms with van der Waals surface area (Å²) in [4.78, 5) is 4.76. The number of benzene rings is 1. The van der Waals surface area contributed by atoms with E-state index in [4.69, 9.17) is 9.72 Å². The second-order valence-electron chi connectivity index (χ2n) is 4.94. The summed E-state index contributed by atoms with van der Waals surface area (Å²) in [5.74, 6) is 2.03. The molecule has 0 atom stereocenters. The Morgan fingerprint density at radius 2 is 2.32 bits per heavy atom. The third-order valence-corrected chi connectivity index (χ3v) is 3.72. The number of ether oxygens (including phenoxy) is 1. The second kappa shape index (κ2) is 5.05. The highest BCUT2D eigenvalue weighted by Gasteiger charge is 2.17. The largest absolute Gasteiger partial charge is 0.497 e. The topological polar surface area (TPSA) is 39.1 Å². The van der Waals surface area contributed by atoms with E-state index >= 15 is 0 Å². The SMILES string of the molecule is COc1cccc(Cc2nc3c(n2C)CCNC3)c1. The number of fused-ring (bicyclic) bond motifs is 1. The Bertz CT molecular complexity index is 589. The minimum absolute atomic E-state index is 0.848. The summed E-state index contributed by atoms with van der Waals surface area (Å²) >= 11 is 0. The van der Waals surface area contributed by atoms with Crippen LogP contribution in [0.4, 0.5) is 0 Å². The van der Waals surface area contributed by atoms with Gasteiger partial charge in [-0.1, -0.05) is 12.1 Å². The molecule has 1 aromatic heterocycles. The third-order valence-electron chi connectivity index (χ3n) is 3.72. The smallest absolute Gasteiger partial charge is 0.119 e. The van der Waals surface area contributed by atoms with Gasteiger partial charge in [-0.25, -0.2) is 4.98 Å². The van der Waals surface area contributed by atoms with Crippen LogP contribution in [0.15, 0.2) is 24.3 Å². The summed E-state index contributed by atoms with van der Waals surface area (Å²) in [7, 11) is 3.82. The second-order valence-corrected chi connectivity index (χ2v) is 4.94. The van der Waals surface area contributed by atoms with Gasteiger partial charge >= 0.3 is 0 Å². The lowest BCUT2D eigenvalue weighted by molar-refractivity contribution is 0.414. The van der Waals surface area contributed by atoms with Gasteiger partial charge in [0, 0.05) is 38.7 Å². The third kappa shape index (κ3) is 2.36. The van der Waals surface area contributed by atoms with Crippen LogP contribution in [0, 0.1) is 0 Å². The number of nitrogens with zero attached hydrogens (tertiary/aromatic N) is 2. The van der Waals surface area contributed by atoms with E-state index in [-0.39, 0.29) is 0 Å². The molecule has 19 heavy (non-hydrogen) atoms. The highest BCUT2D eigenvalue weighted by Crippen LogP contribution is 2.19. The lowest BCUT2D eigenvalue weighted by Gasteiger charge is -2.13. The number of methoxy groups -OCH3 is 1. The molecule has 0 spiro atoms. The van der Waals surface area contributed by atoms with Crippen molar-refractivity contribution in [2.24, 2.45) is 7.05 Å². The monoisotopic (exact) mass is 257 g/mol. The number of aromatic nitrogens is 2. The number of rotatable bonds is 3. The summed E-state index contributed by atoms with van der Waals surface area (Å²) in [5, 5.41) is 3.37. The predicted molar refractivity (Wildman–Crippen MR) is 74.4 cm³/mol. The van der Waals surface area contributed by atoms with Gasteiger partial charge in [0.15, 0.2) is 0 Å². The normalized spacial score (nSPS) is 14.2. The lowest BCUT2D eigenvalue weighted by Crippen LogP contribution is -2.24. The van der Waals surface area contributed by atoms with Crippen molar-refractivity contribution in [1.82, 2.24) is 14.9 Å². The zero-order valence-electron chi connectivity index (χ0n) is 11.4. The van der Waals surface area contributed by atoms with Gasteiger partial charge in [-0.05, 0) is 17.7 Å². The molecule has 2 heterocycles. The van der Waals surface area contributed by atoms with Crippen LogP contribution in [0.3, 0.4) is 0 Å². The summed E-state index contributed by atoms with van der Waals surface area (Å²) in [6.45, 7) is 1.94. The van der Waals surface area contributed by atoms with Crippen molar-refractivity contribution in [2.45, 2.75) is 19.4 Å². The molecule has 0 radical (unpaired) electrons. The molecule has 4 nitrogen and oxygen atoms in total. The molecular weight excluding hydrogens is 238 g/mol. The van der Waals surface area contributed by atoms with Crippen LogP contribution in [-0.4, -0.2) is 23.2 Å². The Balaban J connectivity index is 1.88. The van der Waals surface area contributed by atoms with Crippen molar-refractivity contribution < 1.29 is 4.74 Å². The number of imidazole rings is 1. The molecule has 0 bridgehead atoms.